The second-order valence-corrected chi connectivity index (χ2v) is 4.05. The van der Waals surface area contributed by atoms with Gasteiger partial charge in [0.25, 0.3) is 0 Å². The van der Waals surface area contributed by atoms with Gasteiger partial charge < -0.3 is 15.4 Å². The maximum atomic E-state index is 11.7. The van der Waals surface area contributed by atoms with E-state index in [0.29, 0.717) is 11.4 Å². The van der Waals surface area contributed by atoms with Gasteiger partial charge in [-0.05, 0) is 26.0 Å². The normalized spacial score (nSPS) is 10.2. The molecule has 1 aromatic rings. The number of para-hydroxylation sites is 2. The quantitative estimate of drug-likeness (QED) is 0.785. The van der Waals surface area contributed by atoms with Gasteiger partial charge in [0, 0.05) is 0 Å². The van der Waals surface area contributed by atoms with Gasteiger partial charge in [-0.25, -0.2) is 4.79 Å². The van der Waals surface area contributed by atoms with Crippen molar-refractivity contribution in [2.75, 3.05) is 12.4 Å². The number of terminal acetylenes is 1. The molecular formula is C13H16N2O2. The molecule has 4 heteroatoms. The highest BCUT2D eigenvalue weighted by molar-refractivity contribution is 5.91. The summed E-state index contributed by atoms with van der Waals surface area (Å²) in [6.07, 6.45) is 5.29. The summed E-state index contributed by atoms with van der Waals surface area (Å²) in [5, 5.41) is 5.35. The van der Waals surface area contributed by atoms with Crippen LogP contribution in [0.3, 0.4) is 0 Å². The van der Waals surface area contributed by atoms with Gasteiger partial charge in [-0.3, -0.25) is 0 Å². The summed E-state index contributed by atoms with van der Waals surface area (Å²) in [6, 6.07) is 6.79. The van der Waals surface area contributed by atoms with E-state index in [4.69, 9.17) is 11.2 Å². The van der Waals surface area contributed by atoms with Crippen LogP contribution in [0.2, 0.25) is 0 Å². The fourth-order valence-corrected chi connectivity index (χ4v) is 1.22. The topological polar surface area (TPSA) is 50.4 Å². The monoisotopic (exact) mass is 232 g/mol. The van der Waals surface area contributed by atoms with E-state index in [0.717, 1.165) is 0 Å². The SMILES string of the molecule is C#CC(C)(C)NC(=O)Nc1ccccc1OC. The number of amides is 2. The summed E-state index contributed by atoms with van der Waals surface area (Å²) in [5.41, 5.74) is -0.0909. The summed E-state index contributed by atoms with van der Waals surface area (Å²) >= 11 is 0. The molecule has 0 aliphatic carbocycles. The standard InChI is InChI=1S/C13H16N2O2/c1-5-13(2,3)15-12(16)14-10-8-6-7-9-11(10)17-4/h1,6-9H,2-4H3,(H2,14,15,16). The Morgan fingerprint density at radius 3 is 2.65 bits per heavy atom. The lowest BCUT2D eigenvalue weighted by atomic mass is 10.1. The Hall–Kier alpha value is -2.15. The number of carbonyl (C=O) groups excluding carboxylic acids is 1. The number of nitrogens with one attached hydrogen (secondary N) is 2. The van der Waals surface area contributed by atoms with Gasteiger partial charge >= 0.3 is 6.03 Å². The lowest BCUT2D eigenvalue weighted by Gasteiger charge is -2.20. The third-order valence-corrected chi connectivity index (χ3v) is 2.14. The van der Waals surface area contributed by atoms with Crippen LogP contribution in [0.4, 0.5) is 10.5 Å². The molecule has 90 valence electrons. The fraction of sp³-hybridized carbons (Fsp3) is 0.308. The van der Waals surface area contributed by atoms with E-state index < -0.39 is 5.54 Å². The first-order chi connectivity index (χ1) is 7.98. The lowest BCUT2D eigenvalue weighted by Crippen LogP contribution is -2.44. The predicted molar refractivity (Wildman–Crippen MR) is 68.1 cm³/mol. The van der Waals surface area contributed by atoms with E-state index >= 15 is 0 Å². The van der Waals surface area contributed by atoms with Crippen molar-refractivity contribution in [2.24, 2.45) is 0 Å². The molecule has 0 aliphatic heterocycles. The highest BCUT2D eigenvalue weighted by Gasteiger charge is 2.17. The molecule has 0 saturated carbocycles. The molecule has 1 rings (SSSR count). The van der Waals surface area contributed by atoms with Crippen LogP contribution >= 0.6 is 0 Å². The van der Waals surface area contributed by atoms with Crippen LogP contribution in [0, 0.1) is 12.3 Å². The molecule has 2 N–H and O–H groups in total. The summed E-state index contributed by atoms with van der Waals surface area (Å²) in [7, 11) is 1.55. The summed E-state index contributed by atoms with van der Waals surface area (Å²) in [5.74, 6) is 3.08. The van der Waals surface area contributed by atoms with E-state index in [1.54, 1.807) is 33.1 Å². The summed E-state index contributed by atoms with van der Waals surface area (Å²) in [4.78, 5) is 11.7. The van der Waals surface area contributed by atoms with Crippen LogP contribution in [0.25, 0.3) is 0 Å². The first-order valence-electron chi connectivity index (χ1n) is 5.18. The molecule has 4 nitrogen and oxygen atoms in total. The maximum absolute atomic E-state index is 11.7. The van der Waals surface area contributed by atoms with Gasteiger partial charge in [0.1, 0.15) is 5.75 Å². The zero-order chi connectivity index (χ0) is 12.9. The van der Waals surface area contributed by atoms with Crippen LogP contribution in [0.15, 0.2) is 24.3 Å². The van der Waals surface area contributed by atoms with Crippen molar-refractivity contribution in [3.63, 3.8) is 0 Å². The Morgan fingerprint density at radius 2 is 2.06 bits per heavy atom. The lowest BCUT2D eigenvalue weighted by molar-refractivity contribution is 0.246. The number of carbonyl (C=O) groups is 1. The number of hydrogen-bond donors (Lipinski definition) is 2. The van der Waals surface area contributed by atoms with Crippen LogP contribution in [-0.4, -0.2) is 18.7 Å². The van der Waals surface area contributed by atoms with Gasteiger partial charge in [-0.2, -0.15) is 0 Å². The van der Waals surface area contributed by atoms with Crippen LogP contribution in [0.5, 0.6) is 5.75 Å². The predicted octanol–water partition coefficient (Wildman–Crippen LogP) is 2.23. The third kappa shape index (κ3) is 3.72. The largest absolute Gasteiger partial charge is 0.495 e. The maximum Gasteiger partial charge on any atom is 0.320 e. The third-order valence-electron chi connectivity index (χ3n) is 2.14. The average molecular weight is 232 g/mol. The number of ether oxygens (including phenoxy) is 1. The van der Waals surface area contributed by atoms with Crippen LogP contribution < -0.4 is 15.4 Å². The zero-order valence-electron chi connectivity index (χ0n) is 10.2. The Kier molecular flexibility index (Phi) is 4.00. The van der Waals surface area contributed by atoms with Gasteiger partial charge in [0.15, 0.2) is 0 Å². The Bertz CT molecular complexity index is 447. The van der Waals surface area contributed by atoms with Crippen molar-refractivity contribution in [1.29, 1.82) is 0 Å². The Morgan fingerprint density at radius 1 is 1.41 bits per heavy atom. The molecule has 0 fully saturated rings. The molecule has 0 aromatic heterocycles. The van der Waals surface area contributed by atoms with E-state index in [2.05, 4.69) is 16.6 Å². The molecule has 0 bridgehead atoms. The van der Waals surface area contributed by atoms with Crippen molar-refractivity contribution in [1.82, 2.24) is 5.32 Å². The number of urea groups is 1. The molecule has 1 aromatic carbocycles. The minimum absolute atomic E-state index is 0.363. The molecule has 0 aliphatic rings. The number of rotatable bonds is 3. The highest BCUT2D eigenvalue weighted by atomic mass is 16.5. The number of benzene rings is 1. The van der Waals surface area contributed by atoms with Crippen molar-refractivity contribution >= 4 is 11.7 Å². The second kappa shape index (κ2) is 5.26. The van der Waals surface area contributed by atoms with E-state index in [-0.39, 0.29) is 6.03 Å². The second-order valence-electron chi connectivity index (χ2n) is 4.05. The van der Waals surface area contributed by atoms with Gasteiger partial charge in [0.2, 0.25) is 0 Å². The number of methoxy groups -OCH3 is 1. The van der Waals surface area contributed by atoms with Gasteiger partial charge in [-0.15, -0.1) is 6.42 Å². The smallest absolute Gasteiger partial charge is 0.320 e. The molecule has 0 heterocycles. The number of hydrogen-bond acceptors (Lipinski definition) is 2. The summed E-state index contributed by atoms with van der Waals surface area (Å²) < 4.78 is 5.12. The minimum atomic E-state index is -0.688. The first-order valence-corrected chi connectivity index (χ1v) is 5.18. The minimum Gasteiger partial charge on any atom is -0.495 e. The Balaban J connectivity index is 2.72. The van der Waals surface area contributed by atoms with E-state index in [1.807, 2.05) is 12.1 Å². The van der Waals surface area contributed by atoms with Crippen molar-refractivity contribution in [3.8, 4) is 18.1 Å². The van der Waals surface area contributed by atoms with E-state index in [9.17, 15) is 4.79 Å². The van der Waals surface area contributed by atoms with Crippen LogP contribution in [-0.2, 0) is 0 Å². The molecular weight excluding hydrogens is 216 g/mol. The van der Waals surface area contributed by atoms with Gasteiger partial charge in [-0.1, -0.05) is 18.1 Å². The molecule has 2 amide bonds. The molecule has 0 saturated heterocycles. The highest BCUT2D eigenvalue weighted by Crippen LogP contribution is 2.22. The average Bonchev–Trinajstić information content (AvgIpc) is 2.29. The molecule has 0 atom stereocenters. The first kappa shape index (κ1) is 12.9. The van der Waals surface area contributed by atoms with Crippen LogP contribution in [0.1, 0.15) is 13.8 Å². The van der Waals surface area contributed by atoms with E-state index in [1.165, 1.54) is 0 Å². The molecule has 0 spiro atoms. The van der Waals surface area contributed by atoms with Crippen molar-refractivity contribution in [3.05, 3.63) is 24.3 Å². The van der Waals surface area contributed by atoms with Gasteiger partial charge in [0.05, 0.1) is 18.3 Å². The Labute approximate surface area is 101 Å². The molecule has 0 unspecified atom stereocenters. The molecule has 0 radical (unpaired) electrons. The van der Waals surface area contributed by atoms with Crippen molar-refractivity contribution < 1.29 is 9.53 Å². The zero-order valence-corrected chi connectivity index (χ0v) is 10.2. The number of anilines is 1. The fourth-order valence-electron chi connectivity index (χ4n) is 1.22. The van der Waals surface area contributed by atoms with Crippen molar-refractivity contribution in [2.45, 2.75) is 19.4 Å². The summed E-state index contributed by atoms with van der Waals surface area (Å²) in [6.45, 7) is 3.49. The molecule has 17 heavy (non-hydrogen) atoms.